The summed E-state index contributed by atoms with van der Waals surface area (Å²) in [5.74, 6) is 1.09. The minimum absolute atomic E-state index is 0.0161. The van der Waals surface area contributed by atoms with Crippen molar-refractivity contribution in [2.24, 2.45) is 0 Å². The molecule has 0 bridgehead atoms. The summed E-state index contributed by atoms with van der Waals surface area (Å²) in [6.07, 6.45) is 0. The lowest BCUT2D eigenvalue weighted by molar-refractivity contribution is 0.102. The van der Waals surface area contributed by atoms with Crippen molar-refractivity contribution in [2.75, 3.05) is 34.8 Å². The van der Waals surface area contributed by atoms with Crippen LogP contribution in [-0.4, -0.2) is 30.5 Å². The predicted molar refractivity (Wildman–Crippen MR) is 103 cm³/mol. The normalized spacial score (nSPS) is 14.5. The van der Waals surface area contributed by atoms with Gasteiger partial charge in [-0.15, -0.1) is 0 Å². The van der Waals surface area contributed by atoms with Crippen molar-refractivity contribution in [3.63, 3.8) is 0 Å². The van der Waals surface area contributed by atoms with Crippen LogP contribution in [0.4, 0.5) is 15.8 Å². The average Bonchev–Trinajstić information content (AvgIpc) is 2.58. The van der Waals surface area contributed by atoms with Gasteiger partial charge < -0.3 is 10.2 Å². The molecule has 2 aromatic rings. The van der Waals surface area contributed by atoms with Gasteiger partial charge in [0.05, 0.1) is 16.3 Å². The van der Waals surface area contributed by atoms with Crippen molar-refractivity contribution in [1.82, 2.24) is 0 Å². The molecular weight excluding hydrogens is 415 g/mol. The molecule has 3 nitrogen and oxygen atoms in total. The fourth-order valence-corrected chi connectivity index (χ4v) is 4.08. The third-order valence-corrected chi connectivity index (χ3v) is 5.47. The molecule has 126 valence electrons. The zero-order valence-corrected chi connectivity index (χ0v) is 15.8. The lowest BCUT2D eigenvalue weighted by atomic mass is 10.2. The van der Waals surface area contributed by atoms with Crippen LogP contribution >= 0.6 is 39.3 Å². The summed E-state index contributed by atoms with van der Waals surface area (Å²) in [5, 5.41) is 3.27. The summed E-state index contributed by atoms with van der Waals surface area (Å²) in [4.78, 5) is 14.5. The van der Waals surface area contributed by atoms with Crippen molar-refractivity contribution < 1.29 is 9.18 Å². The number of hydrogen-bond acceptors (Lipinski definition) is 3. The van der Waals surface area contributed by atoms with Gasteiger partial charge in [0.1, 0.15) is 5.82 Å². The molecule has 1 aliphatic rings. The smallest absolute Gasteiger partial charge is 0.258 e. The fraction of sp³-hybridized carbons (Fsp3) is 0.235. The number of hydrogen-bond donors (Lipinski definition) is 1. The van der Waals surface area contributed by atoms with Gasteiger partial charge in [-0.2, -0.15) is 11.8 Å². The average molecular weight is 430 g/mol. The Hall–Kier alpha value is -1.24. The van der Waals surface area contributed by atoms with Crippen molar-refractivity contribution >= 4 is 56.6 Å². The van der Waals surface area contributed by atoms with E-state index in [0.29, 0.717) is 15.2 Å². The van der Waals surface area contributed by atoms with Crippen molar-refractivity contribution in [1.29, 1.82) is 0 Å². The van der Waals surface area contributed by atoms with Gasteiger partial charge in [-0.3, -0.25) is 4.79 Å². The molecule has 7 heteroatoms. The Morgan fingerprint density at radius 2 is 1.96 bits per heavy atom. The van der Waals surface area contributed by atoms with E-state index >= 15 is 0 Å². The van der Waals surface area contributed by atoms with Crippen LogP contribution < -0.4 is 10.2 Å². The van der Waals surface area contributed by atoms with Gasteiger partial charge >= 0.3 is 0 Å². The molecule has 1 saturated heterocycles. The van der Waals surface area contributed by atoms with Crippen LogP contribution in [0.25, 0.3) is 0 Å². The largest absolute Gasteiger partial charge is 0.369 e. The SMILES string of the molecule is O=C(Nc1ccc(N2CCSCC2)c(Cl)c1)c1cc(Br)ccc1F. The molecule has 1 aliphatic heterocycles. The molecule has 0 radical (unpaired) electrons. The van der Waals surface area contributed by atoms with Gasteiger partial charge in [-0.1, -0.05) is 27.5 Å². The molecule has 0 saturated carbocycles. The zero-order chi connectivity index (χ0) is 17.1. The molecule has 24 heavy (non-hydrogen) atoms. The topological polar surface area (TPSA) is 32.3 Å². The minimum atomic E-state index is -0.566. The first-order valence-corrected chi connectivity index (χ1v) is 9.76. The highest BCUT2D eigenvalue weighted by molar-refractivity contribution is 9.10. The van der Waals surface area contributed by atoms with Crippen LogP contribution in [0.15, 0.2) is 40.9 Å². The van der Waals surface area contributed by atoms with E-state index in [-0.39, 0.29) is 5.56 Å². The maximum absolute atomic E-state index is 13.8. The predicted octanol–water partition coefficient (Wildman–Crippen LogP) is 5.05. The van der Waals surface area contributed by atoms with Gasteiger partial charge in [0, 0.05) is 34.8 Å². The van der Waals surface area contributed by atoms with Gasteiger partial charge in [-0.05, 0) is 36.4 Å². The molecule has 2 aromatic carbocycles. The number of nitrogens with zero attached hydrogens (tertiary/aromatic N) is 1. The number of carbonyl (C=O) groups is 1. The Bertz CT molecular complexity index is 768. The van der Waals surface area contributed by atoms with E-state index in [9.17, 15) is 9.18 Å². The van der Waals surface area contributed by atoms with E-state index in [1.54, 1.807) is 18.2 Å². The minimum Gasteiger partial charge on any atom is -0.369 e. The highest BCUT2D eigenvalue weighted by Crippen LogP contribution is 2.31. The Kier molecular flexibility index (Phi) is 5.69. The number of carbonyl (C=O) groups excluding carboxylic acids is 1. The van der Waals surface area contributed by atoms with Gasteiger partial charge in [0.25, 0.3) is 5.91 Å². The first-order chi connectivity index (χ1) is 11.5. The first-order valence-electron chi connectivity index (χ1n) is 7.43. The maximum Gasteiger partial charge on any atom is 0.258 e. The molecule has 1 N–H and O–H groups in total. The van der Waals surface area contributed by atoms with Crippen LogP contribution in [0.1, 0.15) is 10.4 Å². The van der Waals surface area contributed by atoms with E-state index in [1.807, 2.05) is 17.8 Å². The summed E-state index contributed by atoms with van der Waals surface area (Å²) in [6, 6.07) is 9.64. The molecule has 3 rings (SSSR count). The summed E-state index contributed by atoms with van der Waals surface area (Å²) < 4.78 is 14.4. The molecule has 0 atom stereocenters. The van der Waals surface area contributed by atoms with Crippen LogP contribution in [0, 0.1) is 5.82 Å². The van der Waals surface area contributed by atoms with Gasteiger partial charge in [0.2, 0.25) is 0 Å². The molecule has 1 amide bonds. The Morgan fingerprint density at radius 1 is 1.21 bits per heavy atom. The molecular formula is C17H15BrClFN2OS. The summed E-state index contributed by atoms with van der Waals surface area (Å²) >= 11 is 11.5. The van der Waals surface area contributed by atoms with Crippen LogP contribution in [0.2, 0.25) is 5.02 Å². The van der Waals surface area contributed by atoms with Crippen LogP contribution in [0.5, 0.6) is 0 Å². The second-order valence-corrected chi connectivity index (χ2v) is 7.89. The van der Waals surface area contributed by atoms with E-state index in [0.717, 1.165) is 30.3 Å². The van der Waals surface area contributed by atoms with E-state index in [2.05, 4.69) is 26.1 Å². The lowest BCUT2D eigenvalue weighted by Gasteiger charge is -2.29. The van der Waals surface area contributed by atoms with Crippen molar-refractivity contribution in [2.45, 2.75) is 0 Å². The molecule has 0 aliphatic carbocycles. The number of benzene rings is 2. The number of amides is 1. The maximum atomic E-state index is 13.8. The van der Waals surface area contributed by atoms with E-state index < -0.39 is 11.7 Å². The quantitative estimate of drug-likeness (QED) is 0.741. The summed E-state index contributed by atoms with van der Waals surface area (Å²) in [5.41, 5.74) is 1.49. The highest BCUT2D eigenvalue weighted by Gasteiger charge is 2.16. The number of halogens is 3. The van der Waals surface area contributed by atoms with E-state index in [1.165, 1.54) is 12.1 Å². The third-order valence-electron chi connectivity index (χ3n) is 3.73. The summed E-state index contributed by atoms with van der Waals surface area (Å²) in [7, 11) is 0. The molecule has 0 spiro atoms. The fourth-order valence-electron chi connectivity index (χ4n) is 2.52. The van der Waals surface area contributed by atoms with Crippen molar-refractivity contribution in [3.8, 4) is 0 Å². The highest BCUT2D eigenvalue weighted by atomic mass is 79.9. The standard InChI is InChI=1S/C17H15BrClFN2OS/c18-11-1-3-15(20)13(9-11)17(23)21-12-2-4-16(14(19)10-12)22-5-7-24-8-6-22/h1-4,9-10H,5-8H2,(H,21,23). The van der Waals surface area contributed by atoms with Crippen LogP contribution in [-0.2, 0) is 0 Å². The summed E-state index contributed by atoms with van der Waals surface area (Å²) in [6.45, 7) is 1.92. The molecule has 1 heterocycles. The number of rotatable bonds is 3. The second-order valence-electron chi connectivity index (χ2n) is 5.34. The third kappa shape index (κ3) is 4.05. The van der Waals surface area contributed by atoms with Crippen LogP contribution in [0.3, 0.4) is 0 Å². The number of nitrogens with one attached hydrogen (secondary N) is 1. The number of thioether (sulfide) groups is 1. The van der Waals surface area contributed by atoms with Crippen molar-refractivity contribution in [3.05, 3.63) is 57.3 Å². The Morgan fingerprint density at radius 3 is 2.67 bits per heavy atom. The zero-order valence-electron chi connectivity index (χ0n) is 12.7. The molecule has 1 fully saturated rings. The first kappa shape index (κ1) is 17.6. The van der Waals surface area contributed by atoms with Gasteiger partial charge in [0.15, 0.2) is 0 Å². The number of anilines is 2. The molecule has 0 aromatic heterocycles. The Balaban J connectivity index is 1.77. The monoisotopic (exact) mass is 428 g/mol. The second kappa shape index (κ2) is 7.76. The van der Waals surface area contributed by atoms with Gasteiger partial charge in [-0.25, -0.2) is 4.39 Å². The molecule has 0 unspecified atom stereocenters. The lowest BCUT2D eigenvalue weighted by Crippen LogP contribution is -2.32. The Labute approximate surface area is 157 Å². The van der Waals surface area contributed by atoms with E-state index in [4.69, 9.17) is 11.6 Å².